The molecule has 1 amide bonds. The first-order valence-corrected chi connectivity index (χ1v) is 8.73. The largest absolute Gasteiger partial charge is 0.366 e. The summed E-state index contributed by atoms with van der Waals surface area (Å²) in [6.07, 6.45) is 11.2. The van der Waals surface area contributed by atoms with Crippen molar-refractivity contribution in [2.75, 3.05) is 5.32 Å². The number of carbonyl (C=O) groups excluding carboxylic acids is 1. The fourth-order valence-corrected chi connectivity index (χ4v) is 3.19. The molecule has 0 unspecified atom stereocenters. The summed E-state index contributed by atoms with van der Waals surface area (Å²) in [6.45, 7) is 0. The molecule has 0 atom stereocenters. The van der Waals surface area contributed by atoms with Gasteiger partial charge in [-0.1, -0.05) is 25.7 Å². The molecule has 0 spiro atoms. The van der Waals surface area contributed by atoms with Crippen molar-refractivity contribution >= 4 is 17.4 Å². The molecule has 126 valence electrons. The summed E-state index contributed by atoms with van der Waals surface area (Å²) in [6, 6.07) is 7.17. The van der Waals surface area contributed by atoms with Gasteiger partial charge in [0.15, 0.2) is 0 Å². The van der Waals surface area contributed by atoms with Crippen LogP contribution in [0.25, 0.3) is 0 Å². The number of nitrogens with one attached hydrogen (secondary N) is 1. The maximum atomic E-state index is 11.2. The molecule has 1 aliphatic rings. The summed E-state index contributed by atoms with van der Waals surface area (Å²) >= 11 is 0. The Bertz CT molecular complexity index is 697. The Labute approximate surface area is 142 Å². The Morgan fingerprint density at radius 3 is 2.29 bits per heavy atom. The number of hydrogen-bond donors (Lipinski definition) is 2. The minimum Gasteiger partial charge on any atom is -0.366 e. The Morgan fingerprint density at radius 2 is 1.58 bits per heavy atom. The molecule has 3 rings (SSSR count). The first kappa shape index (κ1) is 16.4. The van der Waals surface area contributed by atoms with Gasteiger partial charge in [-0.2, -0.15) is 0 Å². The third-order valence-electron chi connectivity index (χ3n) is 4.56. The molecule has 0 aliphatic heterocycles. The number of primary amides is 1. The van der Waals surface area contributed by atoms with Gasteiger partial charge in [0.1, 0.15) is 12.1 Å². The zero-order valence-electron chi connectivity index (χ0n) is 13.9. The Morgan fingerprint density at radius 1 is 0.917 bits per heavy atom. The molecule has 5 nitrogen and oxygen atoms in total. The van der Waals surface area contributed by atoms with Crippen molar-refractivity contribution in [3.8, 4) is 0 Å². The molecule has 5 heteroatoms. The van der Waals surface area contributed by atoms with Gasteiger partial charge in [0, 0.05) is 22.5 Å². The number of fused-ring (bicyclic) bond motifs is 1. The monoisotopic (exact) mass is 324 g/mol. The molecule has 0 radical (unpaired) electrons. The molecule has 2 aromatic rings. The molecule has 24 heavy (non-hydrogen) atoms. The fraction of sp³-hybridized carbons (Fsp3) is 0.421. The predicted octanol–water partition coefficient (Wildman–Crippen LogP) is 3.76. The van der Waals surface area contributed by atoms with Crippen molar-refractivity contribution in [1.82, 2.24) is 9.97 Å². The quantitative estimate of drug-likeness (QED) is 0.901. The molecule has 1 aromatic carbocycles. The van der Waals surface area contributed by atoms with E-state index in [0.717, 1.165) is 24.3 Å². The van der Waals surface area contributed by atoms with E-state index in [-0.39, 0.29) is 0 Å². The van der Waals surface area contributed by atoms with Crippen molar-refractivity contribution in [2.45, 2.75) is 51.4 Å². The van der Waals surface area contributed by atoms with E-state index in [9.17, 15) is 4.79 Å². The van der Waals surface area contributed by atoms with Crippen LogP contribution in [0.1, 0.15) is 60.1 Å². The standard InChI is InChI=1S/C19H24N4O/c20-18(24)14-9-11-15(12-10-14)23-19-16-7-5-3-1-2-4-6-8-17(16)21-13-22-19/h9-13H,1-8H2,(H2,20,24)(H,21,22,23). The highest BCUT2D eigenvalue weighted by Gasteiger charge is 2.13. The van der Waals surface area contributed by atoms with Gasteiger partial charge in [-0.3, -0.25) is 4.79 Å². The third kappa shape index (κ3) is 4.10. The predicted molar refractivity (Wildman–Crippen MR) is 95.4 cm³/mol. The highest BCUT2D eigenvalue weighted by molar-refractivity contribution is 5.93. The van der Waals surface area contributed by atoms with Gasteiger partial charge in [-0.25, -0.2) is 9.97 Å². The first-order chi connectivity index (χ1) is 11.7. The number of anilines is 2. The van der Waals surface area contributed by atoms with E-state index in [1.165, 1.54) is 49.8 Å². The fourth-order valence-electron chi connectivity index (χ4n) is 3.19. The highest BCUT2D eigenvalue weighted by atomic mass is 16.1. The van der Waals surface area contributed by atoms with Crippen molar-refractivity contribution in [3.05, 3.63) is 47.4 Å². The molecule has 3 N–H and O–H groups in total. The zero-order chi connectivity index (χ0) is 16.8. The smallest absolute Gasteiger partial charge is 0.248 e. The lowest BCUT2D eigenvalue weighted by molar-refractivity contribution is 0.100. The molecular formula is C19H24N4O. The molecule has 0 saturated carbocycles. The number of aromatic nitrogens is 2. The molecule has 0 fully saturated rings. The van der Waals surface area contributed by atoms with Crippen LogP contribution < -0.4 is 11.1 Å². The van der Waals surface area contributed by atoms with Gasteiger partial charge < -0.3 is 11.1 Å². The van der Waals surface area contributed by atoms with Crippen molar-refractivity contribution in [3.63, 3.8) is 0 Å². The average molecular weight is 324 g/mol. The normalized spacial score (nSPS) is 15.3. The summed E-state index contributed by atoms with van der Waals surface area (Å²) < 4.78 is 0. The Balaban J connectivity index is 1.83. The second kappa shape index (κ2) is 7.90. The number of benzene rings is 1. The zero-order valence-corrected chi connectivity index (χ0v) is 13.9. The topological polar surface area (TPSA) is 80.9 Å². The van der Waals surface area contributed by atoms with Crippen LogP contribution in [-0.4, -0.2) is 15.9 Å². The third-order valence-corrected chi connectivity index (χ3v) is 4.56. The number of rotatable bonds is 3. The molecule has 0 saturated heterocycles. The first-order valence-electron chi connectivity index (χ1n) is 8.73. The van der Waals surface area contributed by atoms with Crippen molar-refractivity contribution in [1.29, 1.82) is 0 Å². The molecule has 1 heterocycles. The highest BCUT2D eigenvalue weighted by Crippen LogP contribution is 2.25. The molecule has 0 bridgehead atoms. The van der Waals surface area contributed by atoms with Crippen LogP contribution in [0.15, 0.2) is 30.6 Å². The van der Waals surface area contributed by atoms with Crippen LogP contribution >= 0.6 is 0 Å². The van der Waals surface area contributed by atoms with E-state index in [1.54, 1.807) is 18.5 Å². The number of amides is 1. The van der Waals surface area contributed by atoms with E-state index >= 15 is 0 Å². The van der Waals surface area contributed by atoms with E-state index in [1.807, 2.05) is 12.1 Å². The van der Waals surface area contributed by atoms with Crippen LogP contribution in [0.2, 0.25) is 0 Å². The summed E-state index contributed by atoms with van der Waals surface area (Å²) in [7, 11) is 0. The van der Waals surface area contributed by atoms with Crippen LogP contribution in [-0.2, 0) is 12.8 Å². The van der Waals surface area contributed by atoms with E-state index in [0.29, 0.717) is 5.56 Å². The second-order valence-electron chi connectivity index (χ2n) is 6.34. The summed E-state index contributed by atoms with van der Waals surface area (Å²) in [5, 5.41) is 3.38. The van der Waals surface area contributed by atoms with Gasteiger partial charge in [-0.15, -0.1) is 0 Å². The van der Waals surface area contributed by atoms with Crippen LogP contribution in [0.4, 0.5) is 11.5 Å². The van der Waals surface area contributed by atoms with E-state index in [4.69, 9.17) is 5.73 Å². The maximum absolute atomic E-state index is 11.2. The Hall–Kier alpha value is -2.43. The lowest BCUT2D eigenvalue weighted by Gasteiger charge is -2.16. The number of aryl methyl sites for hydroxylation is 1. The average Bonchev–Trinajstić information content (AvgIpc) is 2.60. The maximum Gasteiger partial charge on any atom is 0.248 e. The second-order valence-corrected chi connectivity index (χ2v) is 6.34. The van der Waals surface area contributed by atoms with Gasteiger partial charge in [0.2, 0.25) is 5.91 Å². The van der Waals surface area contributed by atoms with E-state index < -0.39 is 5.91 Å². The Kier molecular flexibility index (Phi) is 5.41. The van der Waals surface area contributed by atoms with Crippen molar-refractivity contribution in [2.24, 2.45) is 5.73 Å². The van der Waals surface area contributed by atoms with Crippen LogP contribution in [0.5, 0.6) is 0 Å². The van der Waals surface area contributed by atoms with Gasteiger partial charge in [0.05, 0.1) is 0 Å². The number of carbonyl (C=O) groups is 1. The lowest BCUT2D eigenvalue weighted by Crippen LogP contribution is -2.10. The minimum absolute atomic E-state index is 0.416. The van der Waals surface area contributed by atoms with Crippen molar-refractivity contribution < 1.29 is 4.79 Å². The number of nitrogens with two attached hydrogens (primary N) is 1. The number of nitrogens with zero attached hydrogens (tertiary/aromatic N) is 2. The van der Waals surface area contributed by atoms with Crippen LogP contribution in [0, 0.1) is 0 Å². The van der Waals surface area contributed by atoms with Gasteiger partial charge >= 0.3 is 0 Å². The molecule has 1 aliphatic carbocycles. The van der Waals surface area contributed by atoms with Gasteiger partial charge in [0.25, 0.3) is 0 Å². The number of hydrogen-bond acceptors (Lipinski definition) is 4. The van der Waals surface area contributed by atoms with Crippen LogP contribution in [0.3, 0.4) is 0 Å². The minimum atomic E-state index is -0.416. The molecular weight excluding hydrogens is 300 g/mol. The summed E-state index contributed by atoms with van der Waals surface area (Å²) in [5.74, 6) is 0.466. The SMILES string of the molecule is NC(=O)c1ccc(Nc2ncnc3c2CCCCCCCC3)cc1. The summed E-state index contributed by atoms with van der Waals surface area (Å²) in [4.78, 5) is 20.2. The van der Waals surface area contributed by atoms with Gasteiger partial charge in [-0.05, 0) is 49.9 Å². The summed E-state index contributed by atoms with van der Waals surface area (Å²) in [5.41, 5.74) is 9.10. The van der Waals surface area contributed by atoms with E-state index in [2.05, 4.69) is 15.3 Å². The lowest BCUT2D eigenvalue weighted by atomic mass is 9.98. The molecule has 1 aromatic heterocycles.